The lowest BCUT2D eigenvalue weighted by atomic mass is 10.1. The van der Waals surface area contributed by atoms with Crippen LogP contribution in [0.15, 0.2) is 6.20 Å². The number of carboxylic acids is 1. The van der Waals surface area contributed by atoms with Gasteiger partial charge < -0.3 is 5.11 Å². The number of likely N-dealkylation sites (tertiary alicyclic amines) is 1. The minimum absolute atomic E-state index is 0.192. The van der Waals surface area contributed by atoms with E-state index in [-0.39, 0.29) is 6.04 Å². The molecule has 18 heavy (non-hydrogen) atoms. The largest absolute Gasteiger partial charge is 0.478 e. The number of aromatic nitrogens is 2. The summed E-state index contributed by atoms with van der Waals surface area (Å²) >= 11 is 0. The Hall–Kier alpha value is -1.36. The average molecular weight is 251 g/mol. The van der Waals surface area contributed by atoms with Crippen LogP contribution in [0.1, 0.15) is 55.2 Å². The van der Waals surface area contributed by atoms with Crippen LogP contribution in [0.2, 0.25) is 0 Å². The predicted octanol–water partition coefficient (Wildman–Crippen LogP) is 2.15. The van der Waals surface area contributed by atoms with Crippen molar-refractivity contribution >= 4 is 5.97 Å². The van der Waals surface area contributed by atoms with E-state index in [2.05, 4.69) is 10.00 Å². The summed E-state index contributed by atoms with van der Waals surface area (Å²) in [4.78, 5) is 13.6. The molecule has 1 N–H and O–H groups in total. The van der Waals surface area contributed by atoms with Gasteiger partial charge in [-0.2, -0.15) is 5.10 Å². The zero-order valence-corrected chi connectivity index (χ0v) is 11.1. The highest BCUT2D eigenvalue weighted by Gasteiger charge is 2.21. The second kappa shape index (κ2) is 5.52. The first-order chi connectivity index (χ1) is 8.59. The molecule has 0 aliphatic carbocycles. The third-order valence-electron chi connectivity index (χ3n) is 3.44. The maximum atomic E-state index is 11.2. The Bertz CT molecular complexity index is 420. The number of carbonyl (C=O) groups is 1. The van der Waals surface area contributed by atoms with Gasteiger partial charge in [-0.15, -0.1) is 0 Å². The summed E-state index contributed by atoms with van der Waals surface area (Å²) in [5, 5.41) is 13.4. The molecule has 2 heterocycles. The van der Waals surface area contributed by atoms with Gasteiger partial charge in [-0.05, 0) is 39.8 Å². The van der Waals surface area contributed by atoms with Crippen LogP contribution in [0.5, 0.6) is 0 Å². The Morgan fingerprint density at radius 3 is 2.61 bits per heavy atom. The lowest BCUT2D eigenvalue weighted by Gasteiger charge is -2.27. The minimum Gasteiger partial charge on any atom is -0.478 e. The van der Waals surface area contributed by atoms with Crippen LogP contribution in [-0.4, -0.2) is 38.8 Å². The van der Waals surface area contributed by atoms with E-state index < -0.39 is 5.97 Å². The first kappa shape index (κ1) is 13.1. The van der Waals surface area contributed by atoms with Crippen molar-refractivity contribution < 1.29 is 9.90 Å². The van der Waals surface area contributed by atoms with Gasteiger partial charge in [0.1, 0.15) is 5.56 Å². The van der Waals surface area contributed by atoms with Gasteiger partial charge in [-0.25, -0.2) is 4.79 Å². The molecule has 0 bridgehead atoms. The van der Waals surface area contributed by atoms with Crippen LogP contribution >= 0.6 is 0 Å². The third kappa shape index (κ3) is 2.72. The lowest BCUT2D eigenvalue weighted by molar-refractivity contribution is 0.0693. The maximum absolute atomic E-state index is 11.2. The van der Waals surface area contributed by atoms with Crippen LogP contribution in [0, 0.1) is 0 Å². The number of rotatable bonds is 4. The molecule has 100 valence electrons. The van der Waals surface area contributed by atoms with Crippen LogP contribution in [0.3, 0.4) is 0 Å². The maximum Gasteiger partial charge on any atom is 0.339 e. The van der Waals surface area contributed by atoms with Crippen molar-refractivity contribution in [2.75, 3.05) is 13.1 Å². The molecule has 0 saturated carbocycles. The van der Waals surface area contributed by atoms with E-state index in [4.69, 9.17) is 0 Å². The van der Waals surface area contributed by atoms with Crippen LogP contribution in [0.4, 0.5) is 0 Å². The molecule has 0 amide bonds. The molecule has 0 aromatic carbocycles. The Kier molecular flexibility index (Phi) is 4.01. The molecule has 1 aromatic heterocycles. The van der Waals surface area contributed by atoms with Gasteiger partial charge in [-0.1, -0.05) is 6.42 Å². The molecule has 1 aromatic rings. The summed E-state index contributed by atoms with van der Waals surface area (Å²) in [6.45, 7) is 6.86. The van der Waals surface area contributed by atoms with E-state index in [1.807, 2.05) is 18.5 Å². The van der Waals surface area contributed by atoms with E-state index in [0.29, 0.717) is 12.1 Å². The molecule has 1 aliphatic heterocycles. The molecule has 1 aliphatic rings. The van der Waals surface area contributed by atoms with Crippen molar-refractivity contribution in [2.45, 2.75) is 45.7 Å². The second-order valence-corrected chi connectivity index (χ2v) is 5.19. The highest BCUT2D eigenvalue weighted by atomic mass is 16.4. The average Bonchev–Trinajstić information content (AvgIpc) is 2.74. The number of hydrogen-bond acceptors (Lipinski definition) is 3. The summed E-state index contributed by atoms with van der Waals surface area (Å²) in [7, 11) is 0. The van der Waals surface area contributed by atoms with Crippen molar-refractivity contribution in [3.8, 4) is 0 Å². The van der Waals surface area contributed by atoms with Gasteiger partial charge in [-0.3, -0.25) is 9.58 Å². The van der Waals surface area contributed by atoms with E-state index in [0.717, 1.165) is 18.8 Å². The molecule has 1 fully saturated rings. The smallest absolute Gasteiger partial charge is 0.339 e. The highest BCUT2D eigenvalue weighted by molar-refractivity contribution is 5.88. The van der Waals surface area contributed by atoms with Crippen molar-refractivity contribution in [1.29, 1.82) is 0 Å². The van der Waals surface area contributed by atoms with Gasteiger partial charge in [0.05, 0.1) is 11.9 Å². The number of nitrogens with zero attached hydrogens (tertiary/aromatic N) is 3. The summed E-state index contributed by atoms with van der Waals surface area (Å²) < 4.78 is 1.83. The Balaban J connectivity index is 2.22. The van der Waals surface area contributed by atoms with E-state index in [9.17, 15) is 9.90 Å². The van der Waals surface area contributed by atoms with Crippen LogP contribution in [-0.2, 0) is 6.54 Å². The molecular weight excluding hydrogens is 230 g/mol. The topological polar surface area (TPSA) is 58.4 Å². The molecule has 5 heteroatoms. The normalized spacial score (nSPS) is 17.3. The summed E-state index contributed by atoms with van der Waals surface area (Å²) in [5.41, 5.74) is 1.17. The van der Waals surface area contributed by atoms with Crippen molar-refractivity contribution in [2.24, 2.45) is 0 Å². The molecule has 2 rings (SSSR count). The van der Waals surface area contributed by atoms with Crippen molar-refractivity contribution in [1.82, 2.24) is 14.7 Å². The monoisotopic (exact) mass is 251 g/mol. The second-order valence-electron chi connectivity index (χ2n) is 5.19. The SMILES string of the molecule is CC(C)n1ncc(C(=O)O)c1CN1CCCCC1. The van der Waals surface area contributed by atoms with Crippen LogP contribution in [0.25, 0.3) is 0 Å². The molecule has 0 unspecified atom stereocenters. The van der Waals surface area contributed by atoms with Gasteiger partial charge in [0.15, 0.2) is 0 Å². The summed E-state index contributed by atoms with van der Waals surface area (Å²) in [5.74, 6) is -0.881. The fraction of sp³-hybridized carbons (Fsp3) is 0.692. The number of carboxylic acid groups (broad SMARTS) is 1. The zero-order chi connectivity index (χ0) is 13.1. The Labute approximate surface area is 107 Å². The molecule has 0 atom stereocenters. The first-order valence-corrected chi connectivity index (χ1v) is 6.61. The van der Waals surface area contributed by atoms with E-state index >= 15 is 0 Å². The zero-order valence-electron chi connectivity index (χ0n) is 11.1. The van der Waals surface area contributed by atoms with Crippen molar-refractivity contribution in [3.63, 3.8) is 0 Å². The summed E-state index contributed by atoms with van der Waals surface area (Å²) in [6, 6.07) is 0.192. The quantitative estimate of drug-likeness (QED) is 0.890. The molecule has 0 spiro atoms. The van der Waals surface area contributed by atoms with Crippen LogP contribution < -0.4 is 0 Å². The van der Waals surface area contributed by atoms with Gasteiger partial charge >= 0.3 is 5.97 Å². The van der Waals surface area contributed by atoms with Gasteiger partial charge in [0.2, 0.25) is 0 Å². The molecule has 5 nitrogen and oxygen atoms in total. The first-order valence-electron chi connectivity index (χ1n) is 6.61. The van der Waals surface area contributed by atoms with Gasteiger partial charge in [0, 0.05) is 12.6 Å². The predicted molar refractivity (Wildman–Crippen MR) is 68.7 cm³/mol. The number of aromatic carboxylic acids is 1. The van der Waals surface area contributed by atoms with Gasteiger partial charge in [0.25, 0.3) is 0 Å². The third-order valence-corrected chi connectivity index (χ3v) is 3.44. The number of piperidine rings is 1. The van der Waals surface area contributed by atoms with E-state index in [1.165, 1.54) is 25.5 Å². The standard InChI is InChI=1S/C13H21N3O2/c1-10(2)16-12(11(8-14-16)13(17)18)9-15-6-4-3-5-7-15/h8,10H,3-7,9H2,1-2H3,(H,17,18). The molecule has 0 radical (unpaired) electrons. The van der Waals surface area contributed by atoms with E-state index in [1.54, 1.807) is 0 Å². The fourth-order valence-corrected chi connectivity index (χ4v) is 2.50. The Morgan fingerprint density at radius 2 is 2.06 bits per heavy atom. The highest BCUT2D eigenvalue weighted by Crippen LogP contribution is 2.19. The van der Waals surface area contributed by atoms with Crippen molar-refractivity contribution in [3.05, 3.63) is 17.5 Å². The molecular formula is C13H21N3O2. The minimum atomic E-state index is -0.881. The Morgan fingerprint density at radius 1 is 1.39 bits per heavy atom. The lowest BCUT2D eigenvalue weighted by Crippen LogP contribution is -2.31. The molecule has 1 saturated heterocycles. The number of hydrogen-bond donors (Lipinski definition) is 1. The fourth-order valence-electron chi connectivity index (χ4n) is 2.50. The summed E-state index contributed by atoms with van der Waals surface area (Å²) in [6.07, 6.45) is 5.17.